The lowest BCUT2D eigenvalue weighted by Crippen LogP contribution is -2.06. The van der Waals surface area contributed by atoms with Gasteiger partial charge in [0.15, 0.2) is 0 Å². The molecule has 2 aromatic heterocycles. The van der Waals surface area contributed by atoms with Crippen LogP contribution in [0.1, 0.15) is 21.6 Å². The maximum atomic E-state index is 12.1. The quantitative estimate of drug-likeness (QED) is 0.747. The average molecular weight is 301 g/mol. The number of halogens is 1. The molecular formula is C16H13ClN2O2. The van der Waals surface area contributed by atoms with Crippen molar-refractivity contribution in [1.82, 2.24) is 9.97 Å². The number of hydrogen-bond acceptors (Lipinski definition) is 3. The van der Waals surface area contributed by atoms with E-state index in [-0.39, 0.29) is 12.3 Å². The second-order valence-electron chi connectivity index (χ2n) is 4.79. The van der Waals surface area contributed by atoms with Crippen molar-refractivity contribution in [3.8, 4) is 0 Å². The van der Waals surface area contributed by atoms with Gasteiger partial charge in [0.1, 0.15) is 12.3 Å². The Morgan fingerprint density at radius 2 is 2.05 bits per heavy atom. The van der Waals surface area contributed by atoms with Crippen LogP contribution < -0.4 is 0 Å². The van der Waals surface area contributed by atoms with Crippen molar-refractivity contribution in [2.24, 2.45) is 0 Å². The van der Waals surface area contributed by atoms with Gasteiger partial charge in [0.25, 0.3) is 0 Å². The van der Waals surface area contributed by atoms with Crippen molar-refractivity contribution in [1.29, 1.82) is 0 Å². The van der Waals surface area contributed by atoms with Gasteiger partial charge in [0.05, 0.1) is 5.02 Å². The van der Waals surface area contributed by atoms with Gasteiger partial charge in [-0.15, -0.1) is 0 Å². The first-order valence-corrected chi connectivity index (χ1v) is 6.87. The van der Waals surface area contributed by atoms with Crippen molar-refractivity contribution in [2.75, 3.05) is 0 Å². The molecule has 0 amide bonds. The molecule has 3 rings (SSSR count). The molecular weight excluding hydrogens is 288 g/mol. The molecule has 4 nitrogen and oxygen atoms in total. The SMILES string of the molecule is Cc1ccc2[nH]c(C(=O)OCc3ccncc3)c(Cl)c2c1. The molecule has 0 spiro atoms. The van der Waals surface area contributed by atoms with E-state index in [1.807, 2.05) is 25.1 Å². The van der Waals surface area contributed by atoms with E-state index in [0.29, 0.717) is 5.02 Å². The van der Waals surface area contributed by atoms with Gasteiger partial charge in [-0.05, 0) is 36.8 Å². The van der Waals surface area contributed by atoms with Crippen LogP contribution >= 0.6 is 11.6 Å². The molecule has 0 radical (unpaired) electrons. The third-order valence-electron chi connectivity index (χ3n) is 3.21. The summed E-state index contributed by atoms with van der Waals surface area (Å²) in [5.41, 5.74) is 3.06. The van der Waals surface area contributed by atoms with Gasteiger partial charge in [-0.1, -0.05) is 23.2 Å². The van der Waals surface area contributed by atoms with Crippen LogP contribution in [0.2, 0.25) is 5.02 Å². The van der Waals surface area contributed by atoms with Crippen LogP contribution in [0, 0.1) is 6.92 Å². The fourth-order valence-corrected chi connectivity index (χ4v) is 2.39. The smallest absolute Gasteiger partial charge is 0.356 e. The highest BCUT2D eigenvalue weighted by Gasteiger charge is 2.17. The first-order chi connectivity index (χ1) is 10.1. The summed E-state index contributed by atoms with van der Waals surface area (Å²) < 4.78 is 5.27. The van der Waals surface area contributed by atoms with Crippen LogP contribution in [-0.4, -0.2) is 15.9 Å². The molecule has 0 unspecified atom stereocenters. The Labute approximate surface area is 126 Å². The minimum Gasteiger partial charge on any atom is -0.456 e. The number of aromatic nitrogens is 2. The lowest BCUT2D eigenvalue weighted by Gasteiger charge is -2.03. The van der Waals surface area contributed by atoms with Crippen LogP contribution in [0.25, 0.3) is 10.9 Å². The van der Waals surface area contributed by atoms with Crippen LogP contribution in [0.5, 0.6) is 0 Å². The molecule has 21 heavy (non-hydrogen) atoms. The van der Waals surface area contributed by atoms with Crippen molar-refractivity contribution < 1.29 is 9.53 Å². The third-order valence-corrected chi connectivity index (χ3v) is 3.61. The number of nitrogens with zero attached hydrogens (tertiary/aromatic N) is 1. The molecule has 0 aliphatic rings. The van der Waals surface area contributed by atoms with Crippen LogP contribution in [0.4, 0.5) is 0 Å². The summed E-state index contributed by atoms with van der Waals surface area (Å²) in [6, 6.07) is 9.39. The molecule has 0 saturated carbocycles. The number of pyridine rings is 1. The number of rotatable bonds is 3. The Morgan fingerprint density at radius 3 is 2.81 bits per heavy atom. The van der Waals surface area contributed by atoms with Crippen molar-refractivity contribution in [3.05, 3.63) is 64.6 Å². The van der Waals surface area contributed by atoms with Crippen LogP contribution in [0.3, 0.4) is 0 Å². The van der Waals surface area contributed by atoms with Crippen molar-refractivity contribution in [3.63, 3.8) is 0 Å². The number of ether oxygens (including phenoxy) is 1. The standard InChI is InChI=1S/C16H13ClN2O2/c1-10-2-3-13-12(8-10)14(17)15(19-13)16(20)21-9-11-4-6-18-7-5-11/h2-8,19H,9H2,1H3. The number of carbonyl (C=O) groups is 1. The molecule has 2 heterocycles. The lowest BCUT2D eigenvalue weighted by atomic mass is 10.2. The number of aryl methyl sites for hydroxylation is 1. The summed E-state index contributed by atoms with van der Waals surface area (Å²) in [5, 5.41) is 1.22. The lowest BCUT2D eigenvalue weighted by molar-refractivity contribution is 0.0467. The second-order valence-corrected chi connectivity index (χ2v) is 5.17. The molecule has 3 aromatic rings. The summed E-state index contributed by atoms with van der Waals surface area (Å²) >= 11 is 6.26. The maximum Gasteiger partial charge on any atom is 0.356 e. The van der Waals surface area contributed by atoms with Crippen LogP contribution in [0.15, 0.2) is 42.7 Å². The number of aromatic amines is 1. The van der Waals surface area contributed by atoms with Gasteiger partial charge in [0, 0.05) is 23.3 Å². The number of nitrogens with one attached hydrogen (secondary N) is 1. The zero-order valence-electron chi connectivity index (χ0n) is 11.4. The molecule has 1 N–H and O–H groups in total. The summed E-state index contributed by atoms with van der Waals surface area (Å²) in [6.07, 6.45) is 3.31. The van der Waals surface area contributed by atoms with Crippen LogP contribution in [-0.2, 0) is 11.3 Å². The zero-order valence-corrected chi connectivity index (χ0v) is 12.1. The highest BCUT2D eigenvalue weighted by atomic mass is 35.5. The number of hydrogen-bond donors (Lipinski definition) is 1. The molecule has 0 saturated heterocycles. The molecule has 0 fully saturated rings. The number of H-pyrrole nitrogens is 1. The highest BCUT2D eigenvalue weighted by molar-refractivity contribution is 6.38. The number of carbonyl (C=O) groups excluding carboxylic acids is 1. The van der Waals surface area contributed by atoms with Gasteiger partial charge in [-0.2, -0.15) is 0 Å². The van der Waals surface area contributed by atoms with Crippen molar-refractivity contribution >= 4 is 28.5 Å². The van der Waals surface area contributed by atoms with Gasteiger partial charge in [-0.25, -0.2) is 4.79 Å². The molecule has 0 atom stereocenters. The van der Waals surface area contributed by atoms with E-state index < -0.39 is 5.97 Å². The van der Waals surface area contributed by atoms with Gasteiger partial charge >= 0.3 is 5.97 Å². The summed E-state index contributed by atoms with van der Waals surface area (Å²) in [6.45, 7) is 2.16. The van der Waals surface area contributed by atoms with E-state index >= 15 is 0 Å². The molecule has 0 bridgehead atoms. The molecule has 0 aliphatic carbocycles. The van der Waals surface area contributed by atoms with E-state index in [1.54, 1.807) is 24.5 Å². The molecule has 5 heteroatoms. The highest BCUT2D eigenvalue weighted by Crippen LogP contribution is 2.28. The first kappa shape index (κ1) is 13.6. The number of fused-ring (bicyclic) bond motifs is 1. The largest absolute Gasteiger partial charge is 0.456 e. The minimum absolute atomic E-state index is 0.187. The van der Waals surface area contributed by atoms with E-state index in [1.165, 1.54) is 0 Å². The van der Waals surface area contributed by atoms with Gasteiger partial charge in [0.2, 0.25) is 0 Å². The van der Waals surface area contributed by atoms with E-state index in [2.05, 4.69) is 9.97 Å². The van der Waals surface area contributed by atoms with Gasteiger partial charge in [-0.3, -0.25) is 4.98 Å². The topological polar surface area (TPSA) is 55.0 Å². The fourth-order valence-electron chi connectivity index (χ4n) is 2.11. The Morgan fingerprint density at radius 1 is 1.29 bits per heavy atom. The van der Waals surface area contributed by atoms with Gasteiger partial charge < -0.3 is 9.72 Å². The monoisotopic (exact) mass is 300 g/mol. The Bertz CT molecular complexity index is 797. The molecule has 106 valence electrons. The third kappa shape index (κ3) is 2.76. The fraction of sp³-hybridized carbons (Fsp3) is 0.125. The number of esters is 1. The zero-order chi connectivity index (χ0) is 14.8. The normalized spacial score (nSPS) is 10.8. The predicted octanol–water partition coefficient (Wildman–Crippen LogP) is 3.88. The predicted molar refractivity (Wildman–Crippen MR) is 81.4 cm³/mol. The van der Waals surface area contributed by atoms with Crippen molar-refractivity contribution in [2.45, 2.75) is 13.5 Å². The second kappa shape index (κ2) is 5.58. The Hall–Kier alpha value is -2.33. The number of benzene rings is 1. The first-order valence-electron chi connectivity index (χ1n) is 6.49. The molecule has 1 aromatic carbocycles. The molecule has 0 aliphatic heterocycles. The average Bonchev–Trinajstić information content (AvgIpc) is 2.83. The van der Waals surface area contributed by atoms with E-state index in [4.69, 9.17) is 16.3 Å². The summed E-state index contributed by atoms with van der Waals surface area (Å²) in [5.74, 6) is -0.467. The Balaban J connectivity index is 1.83. The maximum absolute atomic E-state index is 12.1. The van der Waals surface area contributed by atoms with E-state index in [0.717, 1.165) is 22.0 Å². The Kier molecular flexibility index (Phi) is 3.62. The minimum atomic E-state index is -0.467. The summed E-state index contributed by atoms with van der Waals surface area (Å²) in [4.78, 5) is 19.1. The van der Waals surface area contributed by atoms with E-state index in [9.17, 15) is 4.79 Å². The summed E-state index contributed by atoms with van der Waals surface area (Å²) in [7, 11) is 0.